The van der Waals surface area contributed by atoms with Crippen molar-refractivity contribution in [1.82, 2.24) is 5.32 Å². The molecule has 0 radical (unpaired) electrons. The average Bonchev–Trinajstić information content (AvgIpc) is 2.74. The van der Waals surface area contributed by atoms with Gasteiger partial charge in [0, 0.05) is 17.8 Å². The maximum absolute atomic E-state index is 10.1. The first kappa shape index (κ1) is 11.8. The second-order valence-electron chi connectivity index (χ2n) is 4.39. The molecule has 0 aromatic heterocycles. The van der Waals surface area contributed by atoms with Gasteiger partial charge in [0.25, 0.3) is 0 Å². The first-order valence-electron chi connectivity index (χ1n) is 5.56. The summed E-state index contributed by atoms with van der Waals surface area (Å²) < 4.78 is 0.924. The first-order chi connectivity index (χ1) is 7.59. The van der Waals surface area contributed by atoms with Crippen molar-refractivity contribution in [2.75, 3.05) is 6.54 Å². The van der Waals surface area contributed by atoms with Crippen molar-refractivity contribution in [2.45, 2.75) is 26.2 Å². The van der Waals surface area contributed by atoms with E-state index in [1.165, 1.54) is 5.56 Å². The van der Waals surface area contributed by atoms with Crippen LogP contribution in [0.5, 0.6) is 5.75 Å². The van der Waals surface area contributed by atoms with Crippen LogP contribution in [-0.2, 0) is 0 Å². The molecule has 1 aliphatic rings. The molecule has 16 heavy (non-hydrogen) atoms. The van der Waals surface area contributed by atoms with Crippen molar-refractivity contribution in [3.05, 3.63) is 32.9 Å². The first-order valence-corrected chi connectivity index (χ1v) is 6.64. The zero-order valence-corrected chi connectivity index (χ0v) is 11.7. The predicted molar refractivity (Wildman–Crippen MR) is 75.5 cm³/mol. The highest BCUT2D eigenvalue weighted by Gasteiger charge is 2.15. The van der Waals surface area contributed by atoms with Gasteiger partial charge in [-0.2, -0.15) is 0 Å². The molecule has 2 rings (SSSR count). The molecule has 1 aromatic rings. The molecule has 0 saturated carbocycles. The lowest BCUT2D eigenvalue weighted by atomic mass is 9.99. The smallest absolute Gasteiger partial charge is 0.138 e. The van der Waals surface area contributed by atoms with Gasteiger partial charge in [-0.05, 0) is 52.6 Å². The monoisotopic (exact) mass is 329 g/mol. The van der Waals surface area contributed by atoms with Crippen molar-refractivity contribution in [3.8, 4) is 5.75 Å². The Hall–Kier alpha value is -0.710. The van der Waals surface area contributed by atoms with E-state index >= 15 is 0 Å². The van der Waals surface area contributed by atoms with Crippen molar-refractivity contribution >= 4 is 28.3 Å². The third kappa shape index (κ3) is 2.19. The van der Waals surface area contributed by atoms with Crippen LogP contribution in [0.15, 0.2) is 18.2 Å². The molecular formula is C13H16INO. The lowest BCUT2D eigenvalue weighted by Gasteiger charge is -2.13. The van der Waals surface area contributed by atoms with Gasteiger partial charge in [0.15, 0.2) is 0 Å². The van der Waals surface area contributed by atoms with Crippen molar-refractivity contribution < 1.29 is 5.11 Å². The molecule has 0 saturated heterocycles. The van der Waals surface area contributed by atoms with E-state index in [0.29, 0.717) is 11.7 Å². The molecule has 0 aliphatic carbocycles. The molecule has 1 aliphatic heterocycles. The van der Waals surface area contributed by atoms with E-state index < -0.39 is 0 Å². The fourth-order valence-corrected chi connectivity index (χ4v) is 2.51. The van der Waals surface area contributed by atoms with Crippen molar-refractivity contribution in [3.63, 3.8) is 0 Å². The molecule has 2 N–H and O–H groups in total. The number of hydrogen-bond acceptors (Lipinski definition) is 2. The minimum absolute atomic E-state index is 0.394. The van der Waals surface area contributed by atoms with Crippen LogP contribution >= 0.6 is 22.6 Å². The molecule has 0 bridgehead atoms. The molecular weight excluding hydrogens is 313 g/mol. The number of rotatable bonds is 2. The molecule has 1 heterocycles. The number of nitrogens with one attached hydrogen (secondary N) is 1. The van der Waals surface area contributed by atoms with Gasteiger partial charge in [-0.25, -0.2) is 0 Å². The summed E-state index contributed by atoms with van der Waals surface area (Å²) >= 11 is 2.19. The lowest BCUT2D eigenvalue weighted by molar-refractivity contribution is 0.469. The number of hydrogen-bond donors (Lipinski definition) is 2. The van der Waals surface area contributed by atoms with Crippen molar-refractivity contribution in [2.24, 2.45) is 0 Å². The van der Waals surface area contributed by atoms with Gasteiger partial charge >= 0.3 is 0 Å². The summed E-state index contributed by atoms with van der Waals surface area (Å²) in [6.45, 7) is 5.31. The second kappa shape index (κ2) is 4.65. The molecule has 2 nitrogen and oxygen atoms in total. The number of benzene rings is 1. The molecule has 0 atom stereocenters. The number of phenolic OH excluding ortho intramolecular Hbond substituents is 1. The Labute approximate surface area is 110 Å². The van der Waals surface area contributed by atoms with Crippen LogP contribution in [0.2, 0.25) is 0 Å². The van der Waals surface area contributed by atoms with E-state index in [2.05, 4.69) is 60.0 Å². The Kier molecular flexibility index (Phi) is 3.42. The van der Waals surface area contributed by atoms with Crippen LogP contribution in [0.3, 0.4) is 0 Å². The highest BCUT2D eigenvalue weighted by molar-refractivity contribution is 14.1. The maximum Gasteiger partial charge on any atom is 0.138 e. The Morgan fingerprint density at radius 3 is 2.69 bits per heavy atom. The molecule has 0 amide bonds. The molecule has 0 fully saturated rings. The van der Waals surface area contributed by atoms with E-state index in [1.807, 2.05) is 0 Å². The average molecular weight is 329 g/mol. The Morgan fingerprint density at radius 1 is 1.38 bits per heavy atom. The highest BCUT2D eigenvalue weighted by atomic mass is 127. The third-order valence-corrected chi connectivity index (χ3v) is 3.67. The fraction of sp³-hybridized carbons (Fsp3) is 0.385. The van der Waals surface area contributed by atoms with Crippen LogP contribution in [0.25, 0.3) is 5.70 Å². The van der Waals surface area contributed by atoms with Gasteiger partial charge in [-0.15, -0.1) is 0 Å². The molecule has 0 unspecified atom stereocenters. The Balaban J connectivity index is 2.50. The molecule has 0 spiro atoms. The van der Waals surface area contributed by atoms with E-state index in [0.717, 1.165) is 27.8 Å². The van der Waals surface area contributed by atoms with Gasteiger partial charge in [0.05, 0.1) is 3.57 Å². The van der Waals surface area contributed by atoms with Gasteiger partial charge in [-0.3, -0.25) is 0 Å². The number of halogens is 1. The minimum atomic E-state index is 0.394. The van der Waals surface area contributed by atoms with Crippen LogP contribution in [0.4, 0.5) is 0 Å². The van der Waals surface area contributed by atoms with Crippen LogP contribution in [-0.4, -0.2) is 11.7 Å². The number of phenols is 1. The molecule has 3 heteroatoms. The van der Waals surface area contributed by atoms with Crippen molar-refractivity contribution in [1.29, 1.82) is 0 Å². The van der Waals surface area contributed by atoms with E-state index in [4.69, 9.17) is 0 Å². The summed E-state index contributed by atoms with van der Waals surface area (Å²) in [5.41, 5.74) is 3.28. The maximum atomic E-state index is 10.1. The Morgan fingerprint density at radius 2 is 2.12 bits per heavy atom. The SMILES string of the molecule is CC(C)c1cc(I)c(O)c(C2=CCCN2)c1. The molecule has 1 aromatic carbocycles. The zero-order valence-electron chi connectivity index (χ0n) is 9.55. The Bertz CT molecular complexity index is 438. The summed E-state index contributed by atoms with van der Waals surface area (Å²) in [4.78, 5) is 0. The molecule has 86 valence electrons. The van der Waals surface area contributed by atoms with E-state index in [1.54, 1.807) is 0 Å². The van der Waals surface area contributed by atoms with Gasteiger partial charge in [-0.1, -0.05) is 19.9 Å². The normalized spacial score (nSPS) is 15.1. The quantitative estimate of drug-likeness (QED) is 0.815. The lowest BCUT2D eigenvalue weighted by Crippen LogP contribution is -2.07. The van der Waals surface area contributed by atoms with E-state index in [-0.39, 0.29) is 0 Å². The zero-order chi connectivity index (χ0) is 11.7. The summed E-state index contributed by atoms with van der Waals surface area (Å²) in [5, 5.41) is 13.4. The summed E-state index contributed by atoms with van der Waals surface area (Å²) in [5.74, 6) is 0.875. The second-order valence-corrected chi connectivity index (χ2v) is 5.55. The van der Waals surface area contributed by atoms with E-state index in [9.17, 15) is 5.11 Å². The van der Waals surface area contributed by atoms with Gasteiger partial charge in [0.1, 0.15) is 5.75 Å². The van der Waals surface area contributed by atoms with Crippen LogP contribution in [0, 0.1) is 3.57 Å². The summed E-state index contributed by atoms with van der Waals surface area (Å²) in [6.07, 6.45) is 3.19. The van der Waals surface area contributed by atoms with Gasteiger partial charge in [0.2, 0.25) is 0 Å². The van der Waals surface area contributed by atoms with Crippen LogP contribution in [0.1, 0.15) is 37.3 Å². The predicted octanol–water partition coefficient (Wildman–Crippen LogP) is 3.45. The van der Waals surface area contributed by atoms with Crippen LogP contribution < -0.4 is 5.32 Å². The topological polar surface area (TPSA) is 32.3 Å². The standard InChI is InChI=1S/C13H16INO/c1-8(2)9-6-10(12-4-3-5-15-12)13(16)11(14)7-9/h4,6-8,15-16H,3,5H2,1-2H3. The highest BCUT2D eigenvalue weighted by Crippen LogP contribution is 2.33. The summed E-state index contributed by atoms with van der Waals surface area (Å²) in [6, 6.07) is 4.14. The third-order valence-electron chi connectivity index (χ3n) is 2.85. The summed E-state index contributed by atoms with van der Waals surface area (Å²) in [7, 11) is 0. The minimum Gasteiger partial charge on any atom is -0.506 e. The van der Waals surface area contributed by atoms with Gasteiger partial charge < -0.3 is 10.4 Å². The largest absolute Gasteiger partial charge is 0.506 e. The fourth-order valence-electron chi connectivity index (χ4n) is 1.86. The number of aromatic hydroxyl groups is 1.